The second-order valence-corrected chi connectivity index (χ2v) is 7.78. The Morgan fingerprint density at radius 1 is 1.23 bits per heavy atom. The number of urea groups is 1. The van der Waals surface area contributed by atoms with E-state index in [2.05, 4.69) is 10.2 Å². The molecule has 0 aliphatic carbocycles. The lowest BCUT2D eigenvalue weighted by molar-refractivity contribution is -0.144. The average Bonchev–Trinajstić information content (AvgIpc) is 2.67. The first-order valence-corrected chi connectivity index (χ1v) is 9.59. The summed E-state index contributed by atoms with van der Waals surface area (Å²) in [7, 11) is 1.64. The lowest BCUT2D eigenvalue weighted by Crippen LogP contribution is -2.62. The minimum Gasteiger partial charge on any atom is -0.497 e. The standard InChI is InChI=1S/C20H27N3O3/c1-26-17-7-5-14(6-8-17)10-21-20(25)22-11-15-9-16(13-22)18-3-2-4-19(24)23(18)12-15/h5-8,15-16,18H,2-4,9-13H2,1H3,(H,21,25)/t15-,16-,18-/m1/s1. The maximum absolute atomic E-state index is 12.7. The highest BCUT2D eigenvalue weighted by molar-refractivity contribution is 5.78. The number of rotatable bonds is 3. The molecule has 26 heavy (non-hydrogen) atoms. The van der Waals surface area contributed by atoms with Gasteiger partial charge in [0.05, 0.1) is 7.11 Å². The van der Waals surface area contributed by atoms with Gasteiger partial charge >= 0.3 is 6.03 Å². The zero-order chi connectivity index (χ0) is 18.1. The van der Waals surface area contributed by atoms with Crippen LogP contribution in [0.3, 0.4) is 0 Å². The topological polar surface area (TPSA) is 61.9 Å². The van der Waals surface area contributed by atoms with Crippen molar-refractivity contribution in [3.05, 3.63) is 29.8 Å². The minimum absolute atomic E-state index is 0.00565. The number of nitrogens with one attached hydrogen (secondary N) is 1. The van der Waals surface area contributed by atoms with Gasteiger partial charge < -0.3 is 19.9 Å². The summed E-state index contributed by atoms with van der Waals surface area (Å²) in [5, 5.41) is 3.04. The number of piperidine rings is 3. The average molecular weight is 357 g/mol. The molecule has 1 aromatic rings. The molecule has 3 aliphatic rings. The number of benzene rings is 1. The molecule has 0 spiro atoms. The lowest BCUT2D eigenvalue weighted by atomic mass is 9.76. The normalized spacial score (nSPS) is 27.7. The summed E-state index contributed by atoms with van der Waals surface area (Å²) in [5.74, 6) is 1.97. The van der Waals surface area contributed by atoms with Crippen LogP contribution in [0.25, 0.3) is 0 Å². The second kappa shape index (κ2) is 7.17. The molecular weight excluding hydrogens is 330 g/mol. The van der Waals surface area contributed by atoms with Crippen molar-refractivity contribution in [3.63, 3.8) is 0 Å². The van der Waals surface area contributed by atoms with Gasteiger partial charge in [-0.05, 0) is 48.8 Å². The van der Waals surface area contributed by atoms with E-state index in [9.17, 15) is 9.59 Å². The first-order valence-electron chi connectivity index (χ1n) is 9.59. The molecule has 0 saturated carbocycles. The molecule has 0 radical (unpaired) electrons. The Bertz CT molecular complexity index is 675. The number of carbonyl (C=O) groups is 2. The number of amides is 3. The maximum Gasteiger partial charge on any atom is 0.317 e. The van der Waals surface area contributed by atoms with E-state index in [-0.39, 0.29) is 6.03 Å². The van der Waals surface area contributed by atoms with Crippen molar-refractivity contribution in [2.75, 3.05) is 26.7 Å². The highest BCUT2D eigenvalue weighted by Gasteiger charge is 2.44. The molecule has 3 saturated heterocycles. The fourth-order valence-corrected chi connectivity index (χ4v) is 4.81. The number of hydrogen-bond acceptors (Lipinski definition) is 3. The van der Waals surface area contributed by atoms with E-state index in [1.807, 2.05) is 29.2 Å². The van der Waals surface area contributed by atoms with Crippen LogP contribution in [0.5, 0.6) is 5.75 Å². The van der Waals surface area contributed by atoms with Crippen LogP contribution in [0.15, 0.2) is 24.3 Å². The van der Waals surface area contributed by atoms with Gasteiger partial charge in [-0.25, -0.2) is 4.79 Å². The van der Waals surface area contributed by atoms with Crippen LogP contribution in [-0.2, 0) is 11.3 Å². The zero-order valence-corrected chi connectivity index (χ0v) is 15.3. The van der Waals surface area contributed by atoms with Crippen LogP contribution in [0.2, 0.25) is 0 Å². The summed E-state index contributed by atoms with van der Waals surface area (Å²) in [6, 6.07) is 8.09. The van der Waals surface area contributed by atoms with Gasteiger partial charge in [-0.3, -0.25) is 4.79 Å². The summed E-state index contributed by atoms with van der Waals surface area (Å²) in [4.78, 5) is 28.9. The van der Waals surface area contributed by atoms with E-state index in [4.69, 9.17) is 4.74 Å². The van der Waals surface area contributed by atoms with Crippen molar-refractivity contribution in [2.45, 2.75) is 38.3 Å². The van der Waals surface area contributed by atoms with Crippen LogP contribution < -0.4 is 10.1 Å². The predicted octanol–water partition coefficient (Wildman–Crippen LogP) is 2.24. The van der Waals surface area contributed by atoms with Crippen LogP contribution in [-0.4, -0.2) is 54.5 Å². The van der Waals surface area contributed by atoms with Gasteiger partial charge in [0.15, 0.2) is 0 Å². The Labute approximate surface area is 154 Å². The molecule has 3 fully saturated rings. The van der Waals surface area contributed by atoms with Crippen molar-refractivity contribution >= 4 is 11.9 Å². The molecule has 1 N–H and O–H groups in total. The van der Waals surface area contributed by atoms with Crippen LogP contribution in [0, 0.1) is 11.8 Å². The van der Waals surface area contributed by atoms with E-state index in [1.54, 1.807) is 7.11 Å². The number of methoxy groups -OCH3 is 1. The number of hydrogen-bond donors (Lipinski definition) is 1. The molecule has 6 nitrogen and oxygen atoms in total. The first-order chi connectivity index (χ1) is 12.6. The van der Waals surface area contributed by atoms with Crippen molar-refractivity contribution in [1.29, 1.82) is 0 Å². The molecule has 1 aromatic carbocycles. The van der Waals surface area contributed by atoms with Crippen molar-refractivity contribution < 1.29 is 14.3 Å². The van der Waals surface area contributed by atoms with Crippen LogP contribution in [0.1, 0.15) is 31.2 Å². The Balaban J connectivity index is 1.35. The van der Waals surface area contributed by atoms with Gasteiger partial charge in [-0.1, -0.05) is 12.1 Å². The molecular formula is C20H27N3O3. The minimum atomic E-state index is 0.00565. The third kappa shape index (κ3) is 3.37. The molecule has 3 atom stereocenters. The van der Waals surface area contributed by atoms with E-state index in [0.717, 1.165) is 50.2 Å². The summed E-state index contributed by atoms with van der Waals surface area (Å²) in [6.45, 7) is 2.85. The second-order valence-electron chi connectivity index (χ2n) is 7.78. The van der Waals surface area contributed by atoms with Gasteiger partial charge in [0.2, 0.25) is 5.91 Å². The van der Waals surface area contributed by atoms with E-state index in [0.29, 0.717) is 36.8 Å². The molecule has 0 unspecified atom stereocenters. The van der Waals surface area contributed by atoms with E-state index < -0.39 is 0 Å². The molecule has 6 heteroatoms. The molecule has 3 amide bonds. The predicted molar refractivity (Wildman–Crippen MR) is 97.8 cm³/mol. The van der Waals surface area contributed by atoms with E-state index >= 15 is 0 Å². The first kappa shape index (κ1) is 17.2. The van der Waals surface area contributed by atoms with E-state index in [1.165, 1.54) is 0 Å². The largest absolute Gasteiger partial charge is 0.497 e. The molecule has 4 rings (SSSR count). The highest BCUT2D eigenvalue weighted by atomic mass is 16.5. The fraction of sp³-hybridized carbons (Fsp3) is 0.600. The van der Waals surface area contributed by atoms with Gasteiger partial charge in [0.25, 0.3) is 0 Å². The maximum atomic E-state index is 12.7. The lowest BCUT2D eigenvalue weighted by Gasteiger charge is -2.52. The quantitative estimate of drug-likeness (QED) is 0.902. The fourth-order valence-electron chi connectivity index (χ4n) is 4.81. The zero-order valence-electron chi connectivity index (χ0n) is 15.3. The van der Waals surface area contributed by atoms with Gasteiger partial charge in [-0.2, -0.15) is 0 Å². The van der Waals surface area contributed by atoms with Crippen LogP contribution >= 0.6 is 0 Å². The Kier molecular flexibility index (Phi) is 4.74. The number of likely N-dealkylation sites (tertiary alicyclic amines) is 1. The number of carbonyl (C=O) groups excluding carboxylic acids is 2. The SMILES string of the molecule is COc1ccc(CNC(=O)N2C[C@H]3C[C@H](C2)[C@H]2CCCC(=O)N2C3)cc1. The number of ether oxygens (including phenoxy) is 1. The molecule has 3 aliphatic heterocycles. The van der Waals surface area contributed by atoms with Crippen molar-refractivity contribution in [3.8, 4) is 5.75 Å². The smallest absolute Gasteiger partial charge is 0.317 e. The monoisotopic (exact) mass is 357 g/mol. The Morgan fingerprint density at radius 3 is 2.81 bits per heavy atom. The number of fused-ring (bicyclic) bond motifs is 4. The molecule has 2 bridgehead atoms. The molecule has 3 heterocycles. The molecule has 0 aromatic heterocycles. The summed E-state index contributed by atoms with van der Waals surface area (Å²) >= 11 is 0. The van der Waals surface area contributed by atoms with Crippen molar-refractivity contribution in [2.24, 2.45) is 11.8 Å². The summed E-state index contributed by atoms with van der Waals surface area (Å²) < 4.78 is 5.16. The van der Waals surface area contributed by atoms with Gasteiger partial charge in [0, 0.05) is 38.6 Å². The Hall–Kier alpha value is -2.24. The summed E-state index contributed by atoms with van der Waals surface area (Å²) in [5.41, 5.74) is 1.06. The third-order valence-corrected chi connectivity index (χ3v) is 6.07. The molecule has 140 valence electrons. The highest BCUT2D eigenvalue weighted by Crippen LogP contribution is 2.37. The van der Waals surface area contributed by atoms with Gasteiger partial charge in [-0.15, -0.1) is 0 Å². The third-order valence-electron chi connectivity index (χ3n) is 6.07. The Morgan fingerprint density at radius 2 is 2.04 bits per heavy atom. The van der Waals surface area contributed by atoms with Crippen molar-refractivity contribution in [1.82, 2.24) is 15.1 Å². The summed E-state index contributed by atoms with van der Waals surface area (Å²) in [6.07, 6.45) is 3.92. The number of nitrogens with zero attached hydrogens (tertiary/aromatic N) is 2. The van der Waals surface area contributed by atoms with Crippen LogP contribution in [0.4, 0.5) is 4.79 Å². The van der Waals surface area contributed by atoms with Gasteiger partial charge in [0.1, 0.15) is 5.75 Å².